The summed E-state index contributed by atoms with van der Waals surface area (Å²) in [5, 5.41) is 105. The predicted molar refractivity (Wildman–Crippen MR) is 542 cm³/mol. The fourth-order valence-electron chi connectivity index (χ4n) is 9.65. The van der Waals surface area contributed by atoms with Crippen molar-refractivity contribution in [2.24, 2.45) is 25.1 Å². The number of nitrogens with two attached hydrogens (primary N) is 2. The predicted octanol–water partition coefficient (Wildman–Crippen LogP) is 21.2. The maximum atomic E-state index is 12.6. The van der Waals surface area contributed by atoms with Gasteiger partial charge in [-0.15, -0.1) is 74.5 Å². The van der Waals surface area contributed by atoms with Crippen LogP contribution in [0, 0.1) is 45.4 Å². The molecule has 41 nitrogen and oxygen atoms in total. The van der Waals surface area contributed by atoms with E-state index in [9.17, 15) is 34.2 Å². The Hall–Kier alpha value is -10.4. The van der Waals surface area contributed by atoms with E-state index in [0.717, 1.165) is 120 Å². The second-order valence-corrected chi connectivity index (χ2v) is 34.0. The Bertz CT molecular complexity index is 6310. The molecular formula is C77H73BBr7Cl7FN34O7S. The molecule has 16 aromatic rings. The van der Waals surface area contributed by atoms with Gasteiger partial charge in [-0.1, -0.05) is 181 Å². The van der Waals surface area contributed by atoms with Crippen LogP contribution >= 0.6 is 207 Å². The number of aryl methyl sites for hydroxylation is 4. The zero-order chi connectivity index (χ0) is 97.7. The molecule has 0 aliphatic rings. The molecular weight excluding hydrogens is 2380 g/mol. The molecule has 0 aliphatic carbocycles. The normalized spacial score (nSPS) is 10.2. The van der Waals surface area contributed by atoms with Crippen LogP contribution in [0.25, 0.3) is 38.7 Å². The number of rotatable bonds is 15. The van der Waals surface area contributed by atoms with E-state index in [1.165, 1.54) is 12.1 Å². The van der Waals surface area contributed by atoms with E-state index in [0.29, 0.717) is 80.6 Å². The standard InChI is InChI=1S/C14H11BrN6.C12H9BrClN3O2.C11H7BrClN5.C11H9BrN6.C7H12ClNO3.C6H3BrFNO2.C5H4BrClN2.C5H6ClN3.C5H5ClN2.CH4.BHNS.BrH.ClHN4/c1-9-7-21-14(16-9)5-3-11(18-21)8-20-13-6-10(15)2-4-12(13)17-19-20;13-9-2-5-11(17(18)19)8(7-9)1-3-10-4-6-12(14)16-15-10;2*12-7-1-3-9-10(5-7)18(17-15-9)6-8-2-4-11(13)16-14-8;1-7(2,3)12-6(11)9-5(10)4-8;7-4-1-2-6(9(10)11)5(8)3-4;6-3-4-1-2-5(7)9-8-4;6-5-2-1-4(3-7)8-9-5;1-4-2-3-5(6)8-7-4;;1-2-3;;1-3-5-4-2/h2-7H,8H2,1H3;2,4-7H,1,3H2;1-5H,6H2;1-5H,6H2,(H2,13,16);4H2,1-3H3,(H,9,10,11);1-3H;1-2H,3H2;1-2H,3,7H2;2-3H,1H3;1H4;3H;1H;2H. The van der Waals surface area contributed by atoms with E-state index >= 15 is 0 Å². The molecule has 0 saturated carbocycles. The molecule has 0 fully saturated rings. The van der Waals surface area contributed by atoms with Gasteiger partial charge in [-0.2, -0.15) is 45.6 Å². The summed E-state index contributed by atoms with van der Waals surface area (Å²) in [6.07, 6.45) is 2.23. The summed E-state index contributed by atoms with van der Waals surface area (Å²) in [6.45, 7) is 10.9. The maximum absolute atomic E-state index is 12.6. The summed E-state index contributed by atoms with van der Waals surface area (Å²) in [5.74, 6) is -1.24. The van der Waals surface area contributed by atoms with Gasteiger partial charge in [-0.05, 0) is 222 Å². The number of nitro benzene ring substituents is 2. The summed E-state index contributed by atoms with van der Waals surface area (Å²) < 4.78 is 34.2. The number of halogens is 15. The van der Waals surface area contributed by atoms with Crippen LogP contribution in [-0.2, 0) is 53.9 Å². The topological polar surface area (TPSA) is 544 Å². The number of alkyl carbamates (subject to hydrolysis) is 1. The van der Waals surface area contributed by atoms with Gasteiger partial charge in [0.05, 0.1) is 110 Å². The molecule has 135 heavy (non-hydrogen) atoms. The monoisotopic (exact) mass is 2440 g/mol. The van der Waals surface area contributed by atoms with Gasteiger partial charge < -0.3 is 16.2 Å². The Labute approximate surface area is 870 Å². The molecule has 0 aliphatic heterocycles. The number of thiol groups is 1. The Balaban J connectivity index is 0.000000319. The molecule has 16 rings (SSSR count). The number of hydrogen-bond donors (Lipinski definition) is 5. The third-order valence-corrected chi connectivity index (χ3v) is 19.7. The number of anilines is 1. The van der Waals surface area contributed by atoms with E-state index in [-0.39, 0.29) is 40.9 Å². The van der Waals surface area contributed by atoms with Crippen LogP contribution < -0.4 is 16.8 Å². The Morgan fingerprint density at radius 1 is 0.548 bits per heavy atom. The summed E-state index contributed by atoms with van der Waals surface area (Å²) >= 11 is 60.5. The number of fused-ring (bicyclic) bond motifs is 4. The third kappa shape index (κ3) is 43.7. The van der Waals surface area contributed by atoms with Crippen molar-refractivity contribution in [3.63, 3.8) is 0 Å². The molecule has 0 saturated heterocycles. The van der Waals surface area contributed by atoms with Gasteiger partial charge in [0.25, 0.3) is 5.69 Å². The number of alkyl halides is 2. The van der Waals surface area contributed by atoms with Gasteiger partial charge in [-0.3, -0.25) is 30.3 Å². The summed E-state index contributed by atoms with van der Waals surface area (Å²) in [4.78, 5) is 45.6. The number of imide groups is 1. The molecule has 5 aromatic carbocycles. The molecule has 0 spiro atoms. The first-order chi connectivity index (χ1) is 63.4. The Morgan fingerprint density at radius 2 is 0.948 bits per heavy atom. The first-order valence-electron chi connectivity index (χ1n) is 37.0. The summed E-state index contributed by atoms with van der Waals surface area (Å²) in [5.41, 5.74) is 29.3. The number of aromatic nitrogens is 24. The van der Waals surface area contributed by atoms with Crippen molar-refractivity contribution in [2.45, 2.75) is 92.0 Å². The van der Waals surface area contributed by atoms with Crippen LogP contribution in [0.15, 0.2) is 224 Å². The summed E-state index contributed by atoms with van der Waals surface area (Å²) in [6, 6.07) is 50.9. The molecule has 0 bridgehead atoms. The molecule has 707 valence electrons. The fraction of sp³-hybridized carbons (Fsp3) is 0.195. The minimum absolute atomic E-state index is 0. The number of imidazole rings is 1. The van der Waals surface area contributed by atoms with E-state index in [2.05, 4.69) is 249 Å². The van der Waals surface area contributed by atoms with Crippen LogP contribution in [0.2, 0.25) is 25.8 Å². The first kappa shape index (κ1) is 117. The fourth-order valence-corrected chi connectivity index (χ4v) is 12.3. The van der Waals surface area contributed by atoms with Gasteiger partial charge in [0, 0.05) is 51.9 Å². The number of nitrogen functional groups attached to an aromatic ring is 1. The number of nitrogens with zero attached hydrogens (tertiary/aromatic N) is 30. The zero-order valence-electron chi connectivity index (χ0n) is 69.6. The van der Waals surface area contributed by atoms with E-state index in [1.807, 2.05) is 121 Å². The van der Waals surface area contributed by atoms with Gasteiger partial charge >= 0.3 is 36.5 Å². The molecule has 11 heterocycles. The van der Waals surface area contributed by atoms with E-state index < -0.39 is 34.0 Å². The number of ether oxygens (including phenoxy) is 1. The van der Waals surface area contributed by atoms with Crippen LogP contribution in [0.4, 0.5) is 26.4 Å². The van der Waals surface area contributed by atoms with E-state index in [1.54, 1.807) is 95.3 Å². The Morgan fingerprint density at radius 3 is 1.33 bits per heavy atom. The van der Waals surface area contributed by atoms with Crippen molar-refractivity contribution in [3.8, 4) is 0 Å². The number of benzene rings is 5. The molecule has 11 aromatic heterocycles. The second-order valence-electron chi connectivity index (χ2n) is 26.3. The van der Waals surface area contributed by atoms with Crippen LogP contribution in [0.5, 0.6) is 0 Å². The first-order valence-corrected chi connectivity index (χ1v) is 45.2. The quantitative estimate of drug-likeness (QED) is 0.0159. The van der Waals surface area contributed by atoms with Gasteiger partial charge in [0.1, 0.15) is 33.8 Å². The number of carbonyl (C=O) groups excluding carboxylic acids is 2. The van der Waals surface area contributed by atoms with Crippen molar-refractivity contribution in [1.82, 2.24) is 126 Å². The molecule has 6 N–H and O–H groups in total. The second kappa shape index (κ2) is 61.7. The van der Waals surface area contributed by atoms with Crippen LogP contribution in [0.1, 0.15) is 79.3 Å². The average Bonchev–Trinajstić information content (AvgIpc) is 1.68. The number of nitro groups is 2. The van der Waals surface area contributed by atoms with Gasteiger partial charge in [-0.25, -0.2) is 28.3 Å². The third-order valence-electron chi connectivity index (χ3n) is 15.3. The van der Waals surface area contributed by atoms with Crippen molar-refractivity contribution >= 4 is 282 Å². The van der Waals surface area contributed by atoms with Gasteiger partial charge in [0.15, 0.2) is 31.4 Å². The minimum atomic E-state index is -0.829. The molecule has 0 atom stereocenters. The van der Waals surface area contributed by atoms with Crippen molar-refractivity contribution in [3.05, 3.63) is 307 Å². The van der Waals surface area contributed by atoms with Crippen LogP contribution in [0.3, 0.4) is 0 Å². The van der Waals surface area contributed by atoms with Crippen molar-refractivity contribution in [2.75, 3.05) is 11.6 Å². The van der Waals surface area contributed by atoms with Crippen molar-refractivity contribution < 1.29 is 28.6 Å². The van der Waals surface area contributed by atoms with Crippen molar-refractivity contribution in [1.29, 1.82) is 5.53 Å². The molecule has 1 radical (unpaired) electrons. The molecule has 0 unspecified atom stereocenters. The zero-order valence-corrected chi connectivity index (χ0v) is 87.0. The number of hydrogen-bond acceptors (Lipinski definition) is 33. The van der Waals surface area contributed by atoms with E-state index in [4.69, 9.17) is 91.3 Å². The number of amides is 2. The number of nitrogens with one attached hydrogen (secondary N) is 2. The number of carbonyl (C=O) groups is 2. The molecule has 58 heteroatoms. The summed E-state index contributed by atoms with van der Waals surface area (Å²) in [7, 11) is 4.34. The average molecular weight is 2460 g/mol. The van der Waals surface area contributed by atoms with Gasteiger partial charge in [0.2, 0.25) is 11.7 Å². The SMILES string of the molecule is Br.C.CC(C)(C)OC(=O)NC(=O)CCl.Cc1ccc(Cl)nn1.Cc1cn2nc(Cn3nnc4ccc(Br)cc43)ccc2n1.Clc1ccc(CBr)nn1.Clc1ccc(Cn2nnc3ccc(Br)cc32)nn1.N=NN=NCl.NCc1ccc(Cl)nn1.Nc1ccc(Cn2nnc3ccc(Br)cc32)nn1.O=[N+]([O-])c1ccc(Br)cc1CCc1ccc(Cl)nn1.O=[N+]([O-])c1ccc(Br)cc1F.[B]=NS. The Kier molecular flexibility index (Phi) is 53.4. The van der Waals surface area contributed by atoms with Crippen LogP contribution in [-0.4, -0.2) is 162 Å². The molecule has 2 amide bonds.